The summed E-state index contributed by atoms with van der Waals surface area (Å²) in [6.45, 7) is 3.18. The molecule has 0 unspecified atom stereocenters. The molecule has 0 atom stereocenters. The zero-order valence-electron chi connectivity index (χ0n) is 16.4. The van der Waals surface area contributed by atoms with Crippen LogP contribution in [-0.2, 0) is 16.5 Å². The number of pyridine rings is 1. The molecule has 1 aromatic carbocycles. The highest BCUT2D eigenvalue weighted by Crippen LogP contribution is 2.34. The van der Waals surface area contributed by atoms with Crippen molar-refractivity contribution in [3.8, 4) is 11.1 Å². The zero-order chi connectivity index (χ0) is 21.0. The minimum absolute atomic E-state index is 0.153. The zero-order valence-corrected chi connectivity index (χ0v) is 17.1. The third-order valence-corrected chi connectivity index (χ3v) is 4.82. The van der Waals surface area contributed by atoms with Crippen LogP contribution < -0.4 is 5.32 Å². The summed E-state index contributed by atoms with van der Waals surface area (Å²) < 4.78 is 11.6. The first-order valence-electron chi connectivity index (χ1n) is 9.03. The normalized spacial score (nSPS) is 10.9. The lowest BCUT2D eigenvalue weighted by molar-refractivity contribution is 0.0602. The number of benzene rings is 1. The number of nitrogens with one attached hydrogen (secondary N) is 1. The van der Waals surface area contributed by atoms with Gasteiger partial charge < -0.3 is 14.8 Å². The Kier molecular flexibility index (Phi) is 6.46. The first-order valence-corrected chi connectivity index (χ1v) is 9.41. The first kappa shape index (κ1) is 20.8. The average Bonchev–Trinajstić information content (AvgIpc) is 3.07. The summed E-state index contributed by atoms with van der Waals surface area (Å²) in [6, 6.07) is 6.78. The standard InChI is InChI=1S/C20H21ClN4O4/c1-4-29-9-8-22-19(26)16-10-14(15-11-23-25(2)18(15)21)12-6-5-7-13(17(12)24-16)20(27)28-3/h5-7,10-11H,4,8-9H2,1-3H3,(H,22,26). The molecule has 0 spiro atoms. The number of esters is 1. The molecule has 152 valence electrons. The average molecular weight is 417 g/mol. The van der Waals surface area contributed by atoms with E-state index in [2.05, 4.69) is 15.4 Å². The summed E-state index contributed by atoms with van der Waals surface area (Å²) in [5.41, 5.74) is 2.04. The van der Waals surface area contributed by atoms with Crippen molar-refractivity contribution in [2.45, 2.75) is 6.92 Å². The number of nitrogens with zero attached hydrogens (tertiary/aromatic N) is 3. The Morgan fingerprint density at radius 2 is 2.07 bits per heavy atom. The third kappa shape index (κ3) is 4.23. The fourth-order valence-corrected chi connectivity index (χ4v) is 3.13. The highest BCUT2D eigenvalue weighted by atomic mass is 35.5. The molecule has 0 bridgehead atoms. The van der Waals surface area contributed by atoms with E-state index in [0.29, 0.717) is 46.9 Å². The van der Waals surface area contributed by atoms with Crippen molar-refractivity contribution < 1.29 is 19.1 Å². The number of hydrogen-bond donors (Lipinski definition) is 1. The maximum atomic E-state index is 12.7. The molecule has 0 saturated heterocycles. The van der Waals surface area contributed by atoms with Crippen LogP contribution in [0.15, 0.2) is 30.5 Å². The van der Waals surface area contributed by atoms with Gasteiger partial charge in [-0.3, -0.25) is 9.48 Å². The van der Waals surface area contributed by atoms with E-state index >= 15 is 0 Å². The molecule has 0 aliphatic rings. The minimum Gasteiger partial charge on any atom is -0.465 e. The fraction of sp³-hybridized carbons (Fsp3) is 0.300. The SMILES string of the molecule is CCOCCNC(=O)c1cc(-c2cnn(C)c2Cl)c2cccc(C(=O)OC)c2n1. The molecule has 8 nitrogen and oxygen atoms in total. The monoisotopic (exact) mass is 416 g/mol. The summed E-state index contributed by atoms with van der Waals surface area (Å²) in [7, 11) is 3.01. The third-order valence-electron chi connectivity index (χ3n) is 4.37. The van der Waals surface area contributed by atoms with Gasteiger partial charge in [0.25, 0.3) is 5.91 Å². The summed E-state index contributed by atoms with van der Waals surface area (Å²) in [4.78, 5) is 29.4. The van der Waals surface area contributed by atoms with Crippen LogP contribution in [0.25, 0.3) is 22.0 Å². The van der Waals surface area contributed by atoms with Crippen LogP contribution in [0.1, 0.15) is 27.8 Å². The second-order valence-corrected chi connectivity index (χ2v) is 6.53. The highest BCUT2D eigenvalue weighted by molar-refractivity contribution is 6.32. The number of ether oxygens (including phenoxy) is 2. The van der Waals surface area contributed by atoms with Crippen LogP contribution in [0.3, 0.4) is 0 Å². The van der Waals surface area contributed by atoms with E-state index in [0.717, 1.165) is 0 Å². The van der Waals surface area contributed by atoms with E-state index in [1.807, 2.05) is 13.0 Å². The number of carbonyl (C=O) groups is 2. The van der Waals surface area contributed by atoms with Crippen LogP contribution in [0.4, 0.5) is 0 Å². The van der Waals surface area contributed by atoms with Gasteiger partial charge in [-0.1, -0.05) is 23.7 Å². The van der Waals surface area contributed by atoms with Gasteiger partial charge in [-0.15, -0.1) is 0 Å². The van der Waals surface area contributed by atoms with E-state index in [1.54, 1.807) is 31.4 Å². The summed E-state index contributed by atoms with van der Waals surface area (Å²) in [5, 5.41) is 8.00. The van der Waals surface area contributed by atoms with Gasteiger partial charge in [-0.05, 0) is 24.6 Å². The molecule has 0 fully saturated rings. The van der Waals surface area contributed by atoms with Crippen LogP contribution in [0.2, 0.25) is 5.15 Å². The van der Waals surface area contributed by atoms with Gasteiger partial charge in [0.2, 0.25) is 0 Å². The Morgan fingerprint density at radius 3 is 2.72 bits per heavy atom. The molecule has 2 heterocycles. The van der Waals surface area contributed by atoms with Crippen molar-refractivity contribution >= 4 is 34.4 Å². The number of para-hydroxylation sites is 1. The Labute approximate surface area is 172 Å². The number of hydrogen-bond acceptors (Lipinski definition) is 6. The fourth-order valence-electron chi connectivity index (χ4n) is 2.94. The van der Waals surface area contributed by atoms with Crippen molar-refractivity contribution in [3.05, 3.63) is 46.9 Å². The Bertz CT molecular complexity index is 1060. The van der Waals surface area contributed by atoms with Crippen LogP contribution in [-0.4, -0.2) is 53.5 Å². The summed E-state index contributed by atoms with van der Waals surface area (Å²) in [6.07, 6.45) is 1.61. The molecule has 0 aliphatic carbocycles. The quantitative estimate of drug-likeness (QED) is 0.470. The molecule has 2 aromatic heterocycles. The number of amides is 1. The predicted molar refractivity (Wildman–Crippen MR) is 109 cm³/mol. The van der Waals surface area contributed by atoms with Gasteiger partial charge in [0.1, 0.15) is 10.8 Å². The first-order chi connectivity index (χ1) is 14.0. The second-order valence-electron chi connectivity index (χ2n) is 6.17. The van der Waals surface area contributed by atoms with Crippen LogP contribution in [0.5, 0.6) is 0 Å². The molecule has 29 heavy (non-hydrogen) atoms. The van der Waals surface area contributed by atoms with Crippen LogP contribution >= 0.6 is 11.6 Å². The van der Waals surface area contributed by atoms with Gasteiger partial charge in [0, 0.05) is 31.1 Å². The lowest BCUT2D eigenvalue weighted by Gasteiger charge is -2.12. The Hall–Kier alpha value is -2.97. The molecule has 0 aliphatic heterocycles. The lowest BCUT2D eigenvalue weighted by atomic mass is 10.00. The maximum absolute atomic E-state index is 12.7. The number of halogens is 1. The highest BCUT2D eigenvalue weighted by Gasteiger charge is 2.20. The van der Waals surface area contributed by atoms with Gasteiger partial charge >= 0.3 is 5.97 Å². The van der Waals surface area contributed by atoms with Crippen molar-refractivity contribution in [2.75, 3.05) is 26.9 Å². The smallest absolute Gasteiger partial charge is 0.340 e. The van der Waals surface area contributed by atoms with Crippen molar-refractivity contribution in [2.24, 2.45) is 7.05 Å². The van der Waals surface area contributed by atoms with E-state index in [9.17, 15) is 9.59 Å². The van der Waals surface area contributed by atoms with Gasteiger partial charge in [0.05, 0.1) is 31.0 Å². The van der Waals surface area contributed by atoms with Crippen LogP contribution in [0, 0.1) is 0 Å². The van der Waals surface area contributed by atoms with Gasteiger partial charge in [-0.25, -0.2) is 9.78 Å². The summed E-state index contributed by atoms with van der Waals surface area (Å²) in [5.74, 6) is -0.923. The summed E-state index contributed by atoms with van der Waals surface area (Å²) >= 11 is 6.39. The molecule has 1 N–H and O–H groups in total. The maximum Gasteiger partial charge on any atom is 0.340 e. The topological polar surface area (TPSA) is 95.3 Å². The number of fused-ring (bicyclic) bond motifs is 1. The number of carbonyl (C=O) groups excluding carboxylic acids is 2. The molecular weight excluding hydrogens is 396 g/mol. The van der Waals surface area contributed by atoms with Crippen molar-refractivity contribution in [3.63, 3.8) is 0 Å². The Morgan fingerprint density at radius 1 is 1.28 bits per heavy atom. The van der Waals surface area contributed by atoms with E-state index in [1.165, 1.54) is 11.8 Å². The second kappa shape index (κ2) is 9.02. The molecule has 9 heteroatoms. The number of aromatic nitrogens is 3. The molecule has 3 rings (SSSR count). The number of rotatable bonds is 7. The predicted octanol–water partition coefficient (Wildman–Crippen LogP) is 2.84. The van der Waals surface area contributed by atoms with Crippen molar-refractivity contribution in [1.29, 1.82) is 0 Å². The molecule has 1 amide bonds. The van der Waals surface area contributed by atoms with Gasteiger partial charge in [0.15, 0.2) is 0 Å². The molecule has 0 saturated carbocycles. The molecular formula is C20H21ClN4O4. The lowest BCUT2D eigenvalue weighted by Crippen LogP contribution is -2.28. The van der Waals surface area contributed by atoms with E-state index in [4.69, 9.17) is 21.1 Å². The van der Waals surface area contributed by atoms with Crippen molar-refractivity contribution in [1.82, 2.24) is 20.1 Å². The minimum atomic E-state index is -0.541. The largest absolute Gasteiger partial charge is 0.465 e. The van der Waals surface area contributed by atoms with E-state index < -0.39 is 5.97 Å². The van der Waals surface area contributed by atoms with Gasteiger partial charge in [-0.2, -0.15) is 5.10 Å². The molecule has 3 aromatic rings. The number of methoxy groups -OCH3 is 1. The molecule has 0 radical (unpaired) electrons. The number of aryl methyl sites for hydroxylation is 1. The Balaban J connectivity index is 2.16. The van der Waals surface area contributed by atoms with E-state index in [-0.39, 0.29) is 17.2 Å².